The van der Waals surface area contributed by atoms with Gasteiger partial charge < -0.3 is 18.8 Å². The third kappa shape index (κ3) is 3.42. The molecule has 1 fully saturated rings. The monoisotopic (exact) mass is 359 g/mol. The smallest absolute Gasteiger partial charge is 0.349 e. The summed E-state index contributed by atoms with van der Waals surface area (Å²) in [4.78, 5) is 38.6. The lowest BCUT2D eigenvalue weighted by molar-refractivity contribution is -0.149. The average Bonchev–Trinajstić information content (AvgIpc) is 2.66. The molecule has 1 aliphatic heterocycles. The first-order chi connectivity index (χ1) is 12.5. The van der Waals surface area contributed by atoms with Crippen LogP contribution in [0.5, 0.6) is 5.75 Å². The van der Waals surface area contributed by atoms with Crippen molar-refractivity contribution in [2.24, 2.45) is 5.92 Å². The molecular weight excluding hydrogens is 338 g/mol. The molecule has 0 aliphatic carbocycles. The summed E-state index contributed by atoms with van der Waals surface area (Å²) in [6.07, 6.45) is 1.36. The van der Waals surface area contributed by atoms with E-state index < -0.39 is 11.5 Å². The van der Waals surface area contributed by atoms with Crippen LogP contribution < -0.4 is 10.4 Å². The van der Waals surface area contributed by atoms with E-state index in [1.807, 2.05) is 0 Å². The van der Waals surface area contributed by atoms with Crippen LogP contribution in [0.3, 0.4) is 0 Å². The van der Waals surface area contributed by atoms with E-state index in [0.717, 1.165) is 0 Å². The van der Waals surface area contributed by atoms with Gasteiger partial charge in [-0.3, -0.25) is 9.59 Å². The maximum absolute atomic E-state index is 12.8. The van der Waals surface area contributed by atoms with Crippen molar-refractivity contribution in [2.45, 2.75) is 19.8 Å². The van der Waals surface area contributed by atoms with Crippen molar-refractivity contribution >= 4 is 22.8 Å². The fraction of sp³-hybridized carbons (Fsp3) is 0.421. The minimum absolute atomic E-state index is 0.0461. The number of likely N-dealkylation sites (tertiary alicyclic amines) is 1. The number of esters is 1. The van der Waals surface area contributed by atoms with E-state index in [1.54, 1.807) is 25.1 Å². The average molecular weight is 359 g/mol. The van der Waals surface area contributed by atoms with Gasteiger partial charge in [0.1, 0.15) is 5.56 Å². The minimum atomic E-state index is -0.717. The molecule has 1 saturated heterocycles. The van der Waals surface area contributed by atoms with Crippen molar-refractivity contribution in [1.29, 1.82) is 0 Å². The van der Waals surface area contributed by atoms with Gasteiger partial charge in [0.25, 0.3) is 5.91 Å². The number of rotatable bonds is 4. The Balaban J connectivity index is 1.89. The van der Waals surface area contributed by atoms with E-state index >= 15 is 0 Å². The highest BCUT2D eigenvalue weighted by Gasteiger charge is 2.31. The van der Waals surface area contributed by atoms with Crippen LogP contribution in [0.1, 0.15) is 30.1 Å². The fourth-order valence-corrected chi connectivity index (χ4v) is 3.21. The number of para-hydroxylation sites is 1. The molecule has 1 atom stereocenters. The molecule has 2 aromatic rings. The highest BCUT2D eigenvalue weighted by Crippen LogP contribution is 2.25. The molecule has 1 amide bonds. The number of carbonyl (C=O) groups excluding carboxylic acids is 2. The summed E-state index contributed by atoms with van der Waals surface area (Å²) in [5, 5.41) is 0.603. The predicted molar refractivity (Wildman–Crippen MR) is 94.3 cm³/mol. The molecule has 1 aromatic heterocycles. The molecule has 0 N–H and O–H groups in total. The molecule has 138 valence electrons. The summed E-state index contributed by atoms with van der Waals surface area (Å²) in [7, 11) is 1.48. The van der Waals surface area contributed by atoms with E-state index in [-0.39, 0.29) is 24.0 Å². The summed E-state index contributed by atoms with van der Waals surface area (Å²) < 4.78 is 15.6. The highest BCUT2D eigenvalue weighted by atomic mass is 16.5. The number of benzene rings is 1. The Morgan fingerprint density at radius 3 is 2.88 bits per heavy atom. The Bertz CT molecular complexity index is 887. The normalized spacial score (nSPS) is 17.2. The number of nitrogens with zero attached hydrogens (tertiary/aromatic N) is 1. The van der Waals surface area contributed by atoms with Gasteiger partial charge in [0.2, 0.25) is 0 Å². The highest BCUT2D eigenvalue weighted by molar-refractivity contribution is 5.97. The Morgan fingerprint density at radius 2 is 2.15 bits per heavy atom. The first-order valence-electron chi connectivity index (χ1n) is 8.62. The van der Waals surface area contributed by atoms with E-state index in [1.165, 1.54) is 18.1 Å². The Hall–Kier alpha value is -2.83. The number of amides is 1. The molecule has 7 heteroatoms. The number of fused-ring (bicyclic) bond motifs is 1. The number of hydrogen-bond acceptors (Lipinski definition) is 6. The van der Waals surface area contributed by atoms with Crippen LogP contribution in [0, 0.1) is 5.92 Å². The molecule has 1 unspecified atom stereocenters. The molecule has 3 rings (SSSR count). The number of carbonyl (C=O) groups is 2. The van der Waals surface area contributed by atoms with Crippen molar-refractivity contribution in [3.05, 3.63) is 40.2 Å². The molecular formula is C19H21NO6. The molecule has 0 radical (unpaired) electrons. The second-order valence-electron chi connectivity index (χ2n) is 6.17. The second-order valence-corrected chi connectivity index (χ2v) is 6.17. The fourth-order valence-electron chi connectivity index (χ4n) is 3.21. The summed E-state index contributed by atoms with van der Waals surface area (Å²) in [6.45, 7) is 2.79. The molecule has 0 spiro atoms. The molecule has 1 aromatic carbocycles. The molecule has 0 bridgehead atoms. The number of hydrogen-bond donors (Lipinski definition) is 0. The SMILES string of the molecule is CCOC(=O)C1CCCN(C(=O)c2cc3cccc(OC)c3oc2=O)C1. The van der Waals surface area contributed by atoms with E-state index in [0.29, 0.717) is 42.7 Å². The molecule has 0 saturated carbocycles. The molecule has 7 nitrogen and oxygen atoms in total. The topological polar surface area (TPSA) is 86.1 Å². The Morgan fingerprint density at radius 1 is 1.35 bits per heavy atom. The summed E-state index contributed by atoms with van der Waals surface area (Å²) >= 11 is 0. The van der Waals surface area contributed by atoms with Gasteiger partial charge >= 0.3 is 11.6 Å². The van der Waals surface area contributed by atoms with Crippen LogP contribution in [0.4, 0.5) is 0 Å². The van der Waals surface area contributed by atoms with Gasteiger partial charge in [-0.25, -0.2) is 4.79 Å². The lowest BCUT2D eigenvalue weighted by Crippen LogP contribution is -2.44. The van der Waals surface area contributed by atoms with Crippen LogP contribution in [0.25, 0.3) is 11.0 Å². The van der Waals surface area contributed by atoms with Gasteiger partial charge in [-0.1, -0.05) is 12.1 Å². The second kappa shape index (κ2) is 7.59. The third-order valence-corrected chi connectivity index (χ3v) is 4.50. The Kier molecular flexibility index (Phi) is 5.25. The summed E-state index contributed by atoms with van der Waals surface area (Å²) in [6, 6.07) is 6.70. The minimum Gasteiger partial charge on any atom is -0.493 e. The van der Waals surface area contributed by atoms with Gasteiger partial charge in [0, 0.05) is 18.5 Å². The van der Waals surface area contributed by atoms with Crippen LogP contribution >= 0.6 is 0 Å². The van der Waals surface area contributed by atoms with Gasteiger partial charge in [-0.05, 0) is 31.9 Å². The lowest BCUT2D eigenvalue weighted by Gasteiger charge is -2.31. The third-order valence-electron chi connectivity index (χ3n) is 4.50. The molecule has 2 heterocycles. The lowest BCUT2D eigenvalue weighted by atomic mass is 9.97. The van der Waals surface area contributed by atoms with Crippen LogP contribution in [0.2, 0.25) is 0 Å². The largest absolute Gasteiger partial charge is 0.493 e. The first-order valence-corrected chi connectivity index (χ1v) is 8.62. The van der Waals surface area contributed by atoms with Crippen molar-refractivity contribution in [2.75, 3.05) is 26.8 Å². The van der Waals surface area contributed by atoms with Crippen molar-refractivity contribution in [1.82, 2.24) is 4.90 Å². The summed E-state index contributed by atoms with van der Waals surface area (Å²) in [5.41, 5.74) is -0.458. The van der Waals surface area contributed by atoms with Crippen LogP contribution in [-0.4, -0.2) is 43.6 Å². The predicted octanol–water partition coefficient (Wildman–Crippen LogP) is 2.22. The maximum atomic E-state index is 12.8. The van der Waals surface area contributed by atoms with Gasteiger partial charge in [-0.2, -0.15) is 0 Å². The van der Waals surface area contributed by atoms with E-state index in [2.05, 4.69) is 0 Å². The van der Waals surface area contributed by atoms with E-state index in [9.17, 15) is 14.4 Å². The quantitative estimate of drug-likeness (QED) is 0.615. The molecule has 26 heavy (non-hydrogen) atoms. The first kappa shape index (κ1) is 18.0. The Labute approximate surface area is 150 Å². The number of ether oxygens (including phenoxy) is 2. The van der Waals surface area contributed by atoms with Gasteiger partial charge in [-0.15, -0.1) is 0 Å². The van der Waals surface area contributed by atoms with Crippen molar-refractivity contribution < 1.29 is 23.5 Å². The standard InChI is InChI=1S/C19H21NO6/c1-3-25-18(22)13-7-5-9-20(11-13)17(21)14-10-12-6-4-8-15(24-2)16(12)26-19(14)23/h4,6,8,10,13H,3,5,7,9,11H2,1-2H3. The van der Waals surface area contributed by atoms with Crippen molar-refractivity contribution in [3.8, 4) is 5.75 Å². The zero-order valence-corrected chi connectivity index (χ0v) is 14.8. The van der Waals surface area contributed by atoms with Gasteiger partial charge in [0.15, 0.2) is 11.3 Å². The van der Waals surface area contributed by atoms with Gasteiger partial charge in [0.05, 0.1) is 19.6 Å². The zero-order chi connectivity index (χ0) is 18.7. The number of piperidine rings is 1. The number of methoxy groups -OCH3 is 1. The van der Waals surface area contributed by atoms with Crippen LogP contribution in [0.15, 0.2) is 33.5 Å². The summed E-state index contributed by atoms with van der Waals surface area (Å²) in [5.74, 6) is -0.670. The van der Waals surface area contributed by atoms with Crippen LogP contribution in [-0.2, 0) is 9.53 Å². The maximum Gasteiger partial charge on any atom is 0.349 e. The van der Waals surface area contributed by atoms with E-state index in [4.69, 9.17) is 13.9 Å². The zero-order valence-electron chi connectivity index (χ0n) is 14.8. The molecule has 1 aliphatic rings. The van der Waals surface area contributed by atoms with Crippen molar-refractivity contribution in [3.63, 3.8) is 0 Å².